The Hall–Kier alpha value is -1.62. The van der Waals surface area contributed by atoms with E-state index in [0.29, 0.717) is 24.4 Å². The Morgan fingerprint density at radius 2 is 2.00 bits per heavy atom. The molecule has 1 aromatic heterocycles. The minimum absolute atomic E-state index is 0.193. The van der Waals surface area contributed by atoms with Crippen molar-refractivity contribution in [2.75, 3.05) is 13.6 Å². The molecule has 1 atom stereocenters. The summed E-state index contributed by atoms with van der Waals surface area (Å²) in [6, 6.07) is 3.06. The number of hydrogen-bond acceptors (Lipinski definition) is 3. The highest BCUT2D eigenvalue weighted by atomic mass is 16.3. The van der Waals surface area contributed by atoms with Crippen LogP contribution in [0.4, 0.5) is 0 Å². The Kier molecular flexibility index (Phi) is 5.95. The van der Waals surface area contributed by atoms with Gasteiger partial charge in [-0.05, 0) is 31.7 Å². The Bertz CT molecular complexity index is 506. The molecule has 0 aliphatic heterocycles. The van der Waals surface area contributed by atoms with Crippen LogP contribution >= 0.6 is 0 Å². The summed E-state index contributed by atoms with van der Waals surface area (Å²) in [6.07, 6.45) is 0.804. The molecule has 0 bridgehead atoms. The fourth-order valence-corrected chi connectivity index (χ4v) is 1.98. The number of H-pyrrole nitrogens is 1. The Morgan fingerprint density at radius 1 is 1.35 bits per heavy atom. The average Bonchev–Trinajstić information content (AvgIpc) is 2.33. The number of nitrogens with zero attached hydrogens (tertiary/aromatic N) is 1. The lowest BCUT2D eigenvalue weighted by atomic mass is 10.1. The van der Waals surface area contributed by atoms with E-state index in [1.165, 1.54) is 11.0 Å². The van der Waals surface area contributed by atoms with E-state index in [1.807, 2.05) is 0 Å². The Labute approximate surface area is 119 Å². The number of nitrogens with one attached hydrogen (secondary N) is 1. The average molecular weight is 280 g/mol. The van der Waals surface area contributed by atoms with Crippen LogP contribution in [-0.4, -0.2) is 40.6 Å². The van der Waals surface area contributed by atoms with E-state index in [9.17, 15) is 14.7 Å². The van der Waals surface area contributed by atoms with Gasteiger partial charge in [0.05, 0.1) is 6.10 Å². The van der Waals surface area contributed by atoms with E-state index >= 15 is 0 Å². The molecule has 0 spiro atoms. The minimum Gasteiger partial charge on any atom is -0.393 e. The van der Waals surface area contributed by atoms with Gasteiger partial charge in [0.1, 0.15) is 0 Å². The predicted octanol–water partition coefficient (Wildman–Crippen LogP) is 1.42. The van der Waals surface area contributed by atoms with Crippen LogP contribution in [0.5, 0.6) is 0 Å². The van der Waals surface area contributed by atoms with Gasteiger partial charge in [-0.15, -0.1) is 0 Å². The molecule has 5 heteroatoms. The number of carbonyl (C=O) groups is 1. The fourth-order valence-electron chi connectivity index (χ4n) is 1.98. The van der Waals surface area contributed by atoms with Gasteiger partial charge in [-0.25, -0.2) is 0 Å². The van der Waals surface area contributed by atoms with E-state index in [-0.39, 0.29) is 11.5 Å². The second-order valence-corrected chi connectivity index (χ2v) is 5.72. The molecule has 1 heterocycles. The highest BCUT2D eigenvalue weighted by Gasteiger charge is 2.14. The smallest absolute Gasteiger partial charge is 0.253 e. The number of pyridine rings is 1. The second-order valence-electron chi connectivity index (χ2n) is 5.72. The standard InChI is InChI=1S/C15H24N2O3/c1-10(2)7-13-8-12(9-14(19)16-13)15(20)17(4)6-5-11(3)18/h8-11,18H,5-7H2,1-4H3,(H,16,19). The molecule has 0 aromatic carbocycles. The third kappa shape index (κ3) is 5.17. The lowest BCUT2D eigenvalue weighted by molar-refractivity contribution is 0.0768. The van der Waals surface area contributed by atoms with Crippen molar-refractivity contribution in [2.24, 2.45) is 5.92 Å². The monoisotopic (exact) mass is 280 g/mol. The maximum atomic E-state index is 12.2. The molecule has 0 fully saturated rings. The van der Waals surface area contributed by atoms with Crippen LogP contribution in [0.1, 0.15) is 43.2 Å². The number of hydrogen-bond donors (Lipinski definition) is 2. The maximum Gasteiger partial charge on any atom is 0.253 e. The lowest BCUT2D eigenvalue weighted by Crippen LogP contribution is -2.30. The van der Waals surface area contributed by atoms with Crippen LogP contribution in [0.3, 0.4) is 0 Å². The molecule has 2 N–H and O–H groups in total. The van der Waals surface area contributed by atoms with Gasteiger partial charge in [0.15, 0.2) is 0 Å². The van der Waals surface area contributed by atoms with Crippen molar-refractivity contribution in [1.29, 1.82) is 0 Å². The number of aromatic amines is 1. The molecule has 1 aromatic rings. The molecular formula is C15H24N2O3. The summed E-state index contributed by atoms with van der Waals surface area (Å²) >= 11 is 0. The van der Waals surface area contributed by atoms with Crippen LogP contribution in [0, 0.1) is 5.92 Å². The molecule has 0 aliphatic carbocycles. The topological polar surface area (TPSA) is 73.4 Å². The molecular weight excluding hydrogens is 256 g/mol. The summed E-state index contributed by atoms with van der Waals surface area (Å²) in [4.78, 5) is 28.1. The third-order valence-corrected chi connectivity index (χ3v) is 3.00. The summed E-state index contributed by atoms with van der Waals surface area (Å²) < 4.78 is 0. The number of rotatable bonds is 6. The van der Waals surface area contributed by atoms with Gasteiger partial charge in [0.2, 0.25) is 5.56 Å². The molecule has 1 amide bonds. The van der Waals surface area contributed by atoms with Crippen molar-refractivity contribution in [3.8, 4) is 0 Å². The molecule has 1 unspecified atom stereocenters. The second kappa shape index (κ2) is 7.24. The number of aromatic nitrogens is 1. The number of amides is 1. The summed E-state index contributed by atoms with van der Waals surface area (Å²) in [5.74, 6) is 0.214. The van der Waals surface area contributed by atoms with E-state index in [1.54, 1.807) is 20.0 Å². The van der Waals surface area contributed by atoms with Gasteiger partial charge in [-0.2, -0.15) is 0 Å². The maximum absolute atomic E-state index is 12.2. The number of aliphatic hydroxyl groups is 1. The first-order chi connectivity index (χ1) is 9.29. The fraction of sp³-hybridized carbons (Fsp3) is 0.600. The van der Waals surface area contributed by atoms with E-state index in [0.717, 1.165) is 12.1 Å². The molecule has 0 radical (unpaired) electrons. The van der Waals surface area contributed by atoms with Gasteiger partial charge in [-0.1, -0.05) is 13.8 Å². The zero-order valence-corrected chi connectivity index (χ0v) is 12.6. The van der Waals surface area contributed by atoms with Crippen molar-refractivity contribution in [3.63, 3.8) is 0 Å². The van der Waals surface area contributed by atoms with Crippen LogP contribution in [-0.2, 0) is 6.42 Å². The van der Waals surface area contributed by atoms with E-state index < -0.39 is 6.10 Å². The molecule has 5 nitrogen and oxygen atoms in total. The van der Waals surface area contributed by atoms with Crippen molar-refractivity contribution >= 4 is 5.91 Å². The highest BCUT2D eigenvalue weighted by molar-refractivity contribution is 5.94. The van der Waals surface area contributed by atoms with Gasteiger partial charge in [-0.3, -0.25) is 9.59 Å². The first-order valence-corrected chi connectivity index (χ1v) is 6.96. The zero-order chi connectivity index (χ0) is 15.3. The third-order valence-electron chi connectivity index (χ3n) is 3.00. The van der Waals surface area contributed by atoms with Crippen LogP contribution in [0.15, 0.2) is 16.9 Å². The van der Waals surface area contributed by atoms with Crippen molar-refractivity contribution in [1.82, 2.24) is 9.88 Å². The number of carbonyl (C=O) groups excluding carboxylic acids is 1. The highest BCUT2D eigenvalue weighted by Crippen LogP contribution is 2.08. The predicted molar refractivity (Wildman–Crippen MR) is 78.9 cm³/mol. The van der Waals surface area contributed by atoms with Crippen LogP contribution in [0.2, 0.25) is 0 Å². The summed E-state index contributed by atoms with van der Waals surface area (Å²) in [6.45, 7) is 6.26. The van der Waals surface area contributed by atoms with Gasteiger partial charge in [0.25, 0.3) is 5.91 Å². The van der Waals surface area contributed by atoms with Crippen molar-refractivity contribution < 1.29 is 9.90 Å². The van der Waals surface area contributed by atoms with Crippen molar-refractivity contribution in [3.05, 3.63) is 33.7 Å². The first kappa shape index (κ1) is 16.4. The SMILES string of the molecule is CC(C)Cc1cc(C(=O)N(C)CCC(C)O)cc(=O)[nH]1. The minimum atomic E-state index is -0.444. The Balaban J connectivity index is 2.86. The number of aliphatic hydroxyl groups excluding tert-OH is 1. The molecule has 112 valence electrons. The molecule has 1 rings (SSSR count). The van der Waals surface area contributed by atoms with Gasteiger partial charge >= 0.3 is 0 Å². The first-order valence-electron chi connectivity index (χ1n) is 6.96. The summed E-state index contributed by atoms with van der Waals surface area (Å²) in [5, 5.41) is 9.25. The van der Waals surface area contributed by atoms with Crippen LogP contribution in [0.25, 0.3) is 0 Å². The lowest BCUT2D eigenvalue weighted by Gasteiger charge is -2.18. The Morgan fingerprint density at radius 3 is 2.55 bits per heavy atom. The van der Waals surface area contributed by atoms with Crippen molar-refractivity contribution in [2.45, 2.75) is 39.7 Å². The van der Waals surface area contributed by atoms with E-state index in [2.05, 4.69) is 18.8 Å². The molecule has 0 aliphatic rings. The normalized spacial score (nSPS) is 12.5. The molecule has 0 saturated heterocycles. The molecule has 20 heavy (non-hydrogen) atoms. The largest absolute Gasteiger partial charge is 0.393 e. The summed E-state index contributed by atoms with van der Waals surface area (Å²) in [5.41, 5.74) is 0.924. The van der Waals surface area contributed by atoms with Crippen LogP contribution < -0.4 is 5.56 Å². The van der Waals surface area contributed by atoms with Gasteiger partial charge in [0, 0.05) is 30.9 Å². The quantitative estimate of drug-likeness (QED) is 0.827. The zero-order valence-electron chi connectivity index (χ0n) is 12.6. The van der Waals surface area contributed by atoms with Gasteiger partial charge < -0.3 is 15.0 Å². The summed E-state index contributed by atoms with van der Waals surface area (Å²) in [7, 11) is 1.67. The van der Waals surface area contributed by atoms with E-state index in [4.69, 9.17) is 0 Å². The molecule has 0 saturated carbocycles.